The molecule has 2 aromatic heterocycles. The molecule has 0 amide bonds. The molecule has 18 heavy (non-hydrogen) atoms. The lowest BCUT2D eigenvalue weighted by atomic mass is 10.2. The Labute approximate surface area is 103 Å². The summed E-state index contributed by atoms with van der Waals surface area (Å²) < 4.78 is 1.58. The molecule has 0 spiro atoms. The molecule has 96 valence electrons. The van der Waals surface area contributed by atoms with E-state index in [1.165, 1.54) is 6.33 Å². The van der Waals surface area contributed by atoms with Gasteiger partial charge in [0.25, 0.3) is 0 Å². The van der Waals surface area contributed by atoms with Gasteiger partial charge in [-0.1, -0.05) is 13.8 Å². The summed E-state index contributed by atoms with van der Waals surface area (Å²) >= 11 is 0. The van der Waals surface area contributed by atoms with Crippen LogP contribution in [0.2, 0.25) is 0 Å². The van der Waals surface area contributed by atoms with Crippen LogP contribution in [0.25, 0.3) is 5.82 Å². The van der Waals surface area contributed by atoms with Crippen LogP contribution in [0, 0.1) is 0 Å². The molecule has 7 heteroatoms. The minimum absolute atomic E-state index is 0.119. The Morgan fingerprint density at radius 1 is 1.22 bits per heavy atom. The van der Waals surface area contributed by atoms with Crippen molar-refractivity contribution in [1.82, 2.24) is 19.5 Å². The first-order valence-corrected chi connectivity index (χ1v) is 5.42. The quantitative estimate of drug-likeness (QED) is 0.656. The Balaban J connectivity index is 2.61. The van der Waals surface area contributed by atoms with Gasteiger partial charge in [0.1, 0.15) is 17.7 Å². The number of hydrogen-bond acceptors (Lipinski definition) is 6. The van der Waals surface area contributed by atoms with Crippen LogP contribution in [0.15, 0.2) is 24.9 Å². The van der Waals surface area contributed by atoms with Gasteiger partial charge in [0.2, 0.25) is 0 Å². The van der Waals surface area contributed by atoms with E-state index < -0.39 is 5.97 Å². The molecule has 2 rings (SSSR count). The molecule has 2 heterocycles. The van der Waals surface area contributed by atoms with Crippen molar-refractivity contribution < 1.29 is 15.3 Å². The van der Waals surface area contributed by atoms with E-state index >= 15 is 0 Å². The number of rotatable bonds is 3. The summed E-state index contributed by atoms with van der Waals surface area (Å²) in [5.74, 6) is -2.00. The molecular formula is C11H14N4O3. The van der Waals surface area contributed by atoms with Gasteiger partial charge in [0.05, 0.1) is 0 Å². The monoisotopic (exact) mass is 250 g/mol. The summed E-state index contributed by atoms with van der Waals surface area (Å²) in [5, 5.41) is 27.9. The van der Waals surface area contributed by atoms with E-state index in [1.54, 1.807) is 17.0 Å². The Hall–Kier alpha value is -1.83. The standard InChI is InChI=1S/C11H14N4O3/c1-7(2)9-13-3-4-15(9)10-8(11(16,17)18)5-12-6-14-10/h3-7,16-18H,1-2H3. The zero-order chi connectivity index (χ0) is 13.3. The lowest BCUT2D eigenvalue weighted by Crippen LogP contribution is -2.27. The van der Waals surface area contributed by atoms with Crippen molar-refractivity contribution >= 4 is 0 Å². The molecular weight excluding hydrogens is 236 g/mol. The molecule has 3 N–H and O–H groups in total. The maximum absolute atomic E-state index is 9.30. The van der Waals surface area contributed by atoms with Crippen LogP contribution in [0.3, 0.4) is 0 Å². The second-order valence-electron chi connectivity index (χ2n) is 4.21. The summed E-state index contributed by atoms with van der Waals surface area (Å²) in [6, 6.07) is 0. The molecule has 7 nitrogen and oxygen atoms in total. The Morgan fingerprint density at radius 2 is 1.94 bits per heavy atom. The second kappa shape index (κ2) is 4.45. The third-order valence-corrected chi connectivity index (χ3v) is 2.47. The third-order valence-electron chi connectivity index (χ3n) is 2.47. The fourth-order valence-corrected chi connectivity index (χ4v) is 1.67. The molecule has 2 aromatic rings. The maximum Gasteiger partial charge on any atom is 0.309 e. The van der Waals surface area contributed by atoms with Gasteiger partial charge >= 0.3 is 5.97 Å². The molecule has 0 unspecified atom stereocenters. The molecule has 0 aliphatic carbocycles. The van der Waals surface area contributed by atoms with E-state index in [9.17, 15) is 15.3 Å². The zero-order valence-corrected chi connectivity index (χ0v) is 10.0. The SMILES string of the molecule is CC(C)c1nccn1-c1ncncc1C(O)(O)O. The van der Waals surface area contributed by atoms with E-state index in [4.69, 9.17) is 0 Å². The summed E-state index contributed by atoms with van der Waals surface area (Å²) in [6.07, 6.45) is 5.61. The van der Waals surface area contributed by atoms with Gasteiger partial charge in [-0.05, 0) is 0 Å². The number of nitrogens with zero attached hydrogens (tertiary/aromatic N) is 4. The van der Waals surface area contributed by atoms with E-state index in [1.807, 2.05) is 13.8 Å². The molecule has 0 aliphatic heterocycles. The first-order chi connectivity index (χ1) is 8.41. The van der Waals surface area contributed by atoms with E-state index in [-0.39, 0.29) is 17.3 Å². The highest BCUT2D eigenvalue weighted by atomic mass is 16.7. The van der Waals surface area contributed by atoms with Crippen molar-refractivity contribution in [3.05, 3.63) is 36.3 Å². The molecule has 0 aromatic carbocycles. The van der Waals surface area contributed by atoms with Crippen molar-refractivity contribution in [2.45, 2.75) is 25.7 Å². The summed E-state index contributed by atoms with van der Waals surface area (Å²) in [7, 11) is 0. The van der Waals surface area contributed by atoms with Crippen molar-refractivity contribution in [2.75, 3.05) is 0 Å². The summed E-state index contributed by atoms with van der Waals surface area (Å²) in [6.45, 7) is 3.90. The van der Waals surface area contributed by atoms with Crippen LogP contribution in [-0.4, -0.2) is 34.8 Å². The number of hydrogen-bond donors (Lipinski definition) is 3. The highest BCUT2D eigenvalue weighted by Crippen LogP contribution is 2.23. The topological polar surface area (TPSA) is 104 Å². The van der Waals surface area contributed by atoms with Crippen LogP contribution in [0.4, 0.5) is 0 Å². The normalized spacial score (nSPS) is 12.1. The molecule has 0 aliphatic rings. The van der Waals surface area contributed by atoms with Crippen LogP contribution in [0.5, 0.6) is 0 Å². The largest absolute Gasteiger partial charge is 0.340 e. The van der Waals surface area contributed by atoms with Gasteiger partial charge in [-0.3, -0.25) is 4.57 Å². The molecule has 0 fully saturated rings. The van der Waals surface area contributed by atoms with Crippen LogP contribution >= 0.6 is 0 Å². The lowest BCUT2D eigenvalue weighted by molar-refractivity contribution is -0.324. The Bertz CT molecular complexity index is 545. The average molecular weight is 250 g/mol. The highest BCUT2D eigenvalue weighted by molar-refractivity contribution is 5.35. The predicted molar refractivity (Wildman–Crippen MR) is 61.6 cm³/mol. The number of aliphatic hydroxyl groups is 3. The van der Waals surface area contributed by atoms with E-state index in [2.05, 4.69) is 15.0 Å². The molecule has 0 saturated carbocycles. The maximum atomic E-state index is 9.30. The van der Waals surface area contributed by atoms with Gasteiger partial charge in [0.15, 0.2) is 5.82 Å². The molecule has 0 atom stereocenters. The third kappa shape index (κ3) is 2.23. The highest BCUT2D eigenvalue weighted by Gasteiger charge is 2.28. The lowest BCUT2D eigenvalue weighted by Gasteiger charge is -2.18. The molecule has 0 saturated heterocycles. The summed E-state index contributed by atoms with van der Waals surface area (Å²) in [5.41, 5.74) is -0.204. The Morgan fingerprint density at radius 3 is 2.56 bits per heavy atom. The first-order valence-electron chi connectivity index (χ1n) is 5.42. The van der Waals surface area contributed by atoms with E-state index in [0.29, 0.717) is 5.82 Å². The minimum atomic E-state index is -2.99. The van der Waals surface area contributed by atoms with Crippen LogP contribution in [0.1, 0.15) is 31.2 Å². The van der Waals surface area contributed by atoms with Crippen LogP contribution in [-0.2, 0) is 5.97 Å². The average Bonchev–Trinajstić information content (AvgIpc) is 2.76. The minimum Gasteiger partial charge on any atom is -0.340 e. The smallest absolute Gasteiger partial charge is 0.309 e. The van der Waals surface area contributed by atoms with E-state index in [0.717, 1.165) is 6.20 Å². The Kier molecular flexibility index (Phi) is 3.12. The number of imidazole rings is 1. The second-order valence-corrected chi connectivity index (χ2v) is 4.21. The van der Waals surface area contributed by atoms with Gasteiger partial charge in [-0.15, -0.1) is 0 Å². The van der Waals surface area contributed by atoms with Gasteiger partial charge in [-0.25, -0.2) is 15.0 Å². The predicted octanol–water partition coefficient (Wildman–Crippen LogP) is -0.127. The van der Waals surface area contributed by atoms with Crippen molar-refractivity contribution in [3.63, 3.8) is 0 Å². The zero-order valence-electron chi connectivity index (χ0n) is 10.0. The number of aromatic nitrogens is 4. The van der Waals surface area contributed by atoms with Crippen LogP contribution < -0.4 is 0 Å². The molecule has 0 bridgehead atoms. The fourth-order valence-electron chi connectivity index (χ4n) is 1.67. The summed E-state index contributed by atoms with van der Waals surface area (Å²) in [4.78, 5) is 11.8. The van der Waals surface area contributed by atoms with Gasteiger partial charge in [0, 0.05) is 24.5 Å². The van der Waals surface area contributed by atoms with Crippen molar-refractivity contribution in [2.24, 2.45) is 0 Å². The van der Waals surface area contributed by atoms with Crippen molar-refractivity contribution in [3.8, 4) is 5.82 Å². The van der Waals surface area contributed by atoms with Crippen molar-refractivity contribution in [1.29, 1.82) is 0 Å². The molecule has 0 radical (unpaired) electrons. The van der Waals surface area contributed by atoms with Gasteiger partial charge < -0.3 is 15.3 Å². The first kappa shape index (κ1) is 12.6. The fraction of sp³-hybridized carbons (Fsp3) is 0.364. The van der Waals surface area contributed by atoms with Gasteiger partial charge in [-0.2, -0.15) is 0 Å².